The monoisotopic (exact) mass is 333 g/mol. The van der Waals surface area contributed by atoms with E-state index < -0.39 is 33.1 Å². The van der Waals surface area contributed by atoms with Crippen molar-refractivity contribution in [3.05, 3.63) is 54.1 Å². The Bertz CT molecular complexity index is 797. The fourth-order valence-electron chi connectivity index (χ4n) is 3.12. The molecule has 1 amide bonds. The number of hydrogen-bond acceptors (Lipinski definition) is 4. The number of carbonyl (C=O) groups is 1. The maximum atomic E-state index is 12.7. The summed E-state index contributed by atoms with van der Waals surface area (Å²) >= 11 is 0. The van der Waals surface area contributed by atoms with E-state index in [1.54, 1.807) is 50.3 Å². The van der Waals surface area contributed by atoms with Crippen LogP contribution in [-0.4, -0.2) is 31.3 Å². The van der Waals surface area contributed by atoms with Gasteiger partial charge in [0.2, 0.25) is 15.9 Å². The van der Waals surface area contributed by atoms with Gasteiger partial charge in [0.15, 0.2) is 0 Å². The van der Waals surface area contributed by atoms with Crippen molar-refractivity contribution < 1.29 is 17.9 Å². The minimum atomic E-state index is -3.68. The van der Waals surface area contributed by atoms with Crippen LogP contribution in [0.3, 0.4) is 0 Å². The minimum absolute atomic E-state index is 0.198. The number of ether oxygens (including phenoxy) is 1. The second kappa shape index (κ2) is 5.53. The van der Waals surface area contributed by atoms with Gasteiger partial charge in [-0.1, -0.05) is 42.5 Å². The summed E-state index contributed by atoms with van der Waals surface area (Å²) in [5.41, 5.74) is 1.42. The van der Waals surface area contributed by atoms with Gasteiger partial charge in [-0.05, 0) is 19.9 Å². The van der Waals surface area contributed by atoms with Crippen molar-refractivity contribution in [3.63, 3.8) is 0 Å². The lowest BCUT2D eigenvalue weighted by molar-refractivity contribution is -0.132. The number of hydrogen-bond donors (Lipinski definition) is 0. The molecule has 0 aromatic heterocycles. The van der Waals surface area contributed by atoms with Gasteiger partial charge in [-0.15, -0.1) is 0 Å². The summed E-state index contributed by atoms with van der Waals surface area (Å²) in [4.78, 5) is 12.6. The van der Waals surface area contributed by atoms with E-state index in [1.165, 1.54) is 0 Å². The number of para-hydroxylation sites is 1. The van der Waals surface area contributed by atoms with E-state index in [4.69, 9.17) is 4.74 Å². The molecule has 0 N–H and O–H groups in total. The average molecular weight is 333 g/mol. The zero-order valence-corrected chi connectivity index (χ0v) is 13.9. The molecule has 0 radical (unpaired) electrons. The number of nitrogens with zero attached hydrogens (tertiary/aromatic N) is 1. The summed E-state index contributed by atoms with van der Waals surface area (Å²) in [5.74, 6) is -0.342. The molecular weight excluding hydrogens is 314 g/mol. The van der Waals surface area contributed by atoms with E-state index in [1.807, 2.05) is 0 Å². The molecule has 2 aliphatic rings. The molecule has 2 unspecified atom stereocenters. The molecular formula is C17H19NO4S. The normalized spacial score (nSPS) is 26.2. The summed E-state index contributed by atoms with van der Waals surface area (Å²) in [6.45, 7) is 7.30. The van der Waals surface area contributed by atoms with Gasteiger partial charge in [-0.25, -0.2) is 12.7 Å². The highest BCUT2D eigenvalue weighted by Gasteiger charge is 2.60. The summed E-state index contributed by atoms with van der Waals surface area (Å²) in [6.07, 6.45) is 3.31. The molecule has 2 aliphatic heterocycles. The van der Waals surface area contributed by atoms with E-state index in [0.29, 0.717) is 11.3 Å². The molecule has 3 rings (SSSR count). The van der Waals surface area contributed by atoms with E-state index >= 15 is 0 Å². The lowest BCUT2D eigenvalue weighted by Gasteiger charge is -2.49. The molecule has 6 heteroatoms. The standard InChI is InChI=1S/C17H19NO4S/c1-4-7-11(2)12(3)17(19)18-14-10-22-15-9-6-5-8-13(15)16(14)23(18,20)21/h4-9,12,14,16H,1,10H2,2-3H3/b11-7+/t12-,14?,16?/m0/s1. The van der Waals surface area contributed by atoms with Gasteiger partial charge in [0.1, 0.15) is 23.6 Å². The Balaban J connectivity index is 1.92. The van der Waals surface area contributed by atoms with E-state index in [9.17, 15) is 13.2 Å². The molecule has 0 bridgehead atoms. The van der Waals surface area contributed by atoms with Crippen molar-refractivity contribution in [1.82, 2.24) is 4.31 Å². The first-order valence-electron chi connectivity index (χ1n) is 7.47. The van der Waals surface area contributed by atoms with Gasteiger partial charge < -0.3 is 4.74 Å². The largest absolute Gasteiger partial charge is 0.491 e. The number of fused-ring (bicyclic) bond motifs is 3. The zero-order chi connectivity index (χ0) is 16.8. The van der Waals surface area contributed by atoms with Crippen LogP contribution in [0.5, 0.6) is 5.75 Å². The second-order valence-electron chi connectivity index (χ2n) is 5.88. The number of carbonyl (C=O) groups excluding carboxylic acids is 1. The molecule has 0 saturated carbocycles. The molecule has 23 heavy (non-hydrogen) atoms. The summed E-state index contributed by atoms with van der Waals surface area (Å²) in [6, 6.07) is 6.63. The second-order valence-corrected chi connectivity index (χ2v) is 7.82. The van der Waals surface area contributed by atoms with Gasteiger partial charge in [0.25, 0.3) is 0 Å². The molecule has 1 saturated heterocycles. The highest BCUT2D eigenvalue weighted by molar-refractivity contribution is 7.91. The Morgan fingerprint density at radius 1 is 1.43 bits per heavy atom. The summed E-state index contributed by atoms with van der Waals surface area (Å²) in [5, 5.41) is -0.688. The Hall–Kier alpha value is -2.08. The van der Waals surface area contributed by atoms with Crippen molar-refractivity contribution in [2.24, 2.45) is 5.92 Å². The smallest absolute Gasteiger partial charge is 0.247 e. The molecule has 0 spiro atoms. The Morgan fingerprint density at radius 3 is 2.83 bits per heavy atom. The fourth-order valence-corrected chi connectivity index (χ4v) is 5.25. The van der Waals surface area contributed by atoms with Gasteiger partial charge in [0, 0.05) is 5.56 Å². The predicted octanol–water partition coefficient (Wildman–Crippen LogP) is 2.43. The van der Waals surface area contributed by atoms with Gasteiger partial charge in [-0.2, -0.15) is 0 Å². The Labute approximate surface area is 136 Å². The van der Waals surface area contributed by atoms with Crippen LogP contribution in [-0.2, 0) is 14.8 Å². The van der Waals surface area contributed by atoms with Gasteiger partial charge in [-0.3, -0.25) is 4.79 Å². The van der Waals surface area contributed by atoms with Crippen LogP contribution in [0.2, 0.25) is 0 Å². The van der Waals surface area contributed by atoms with Crippen molar-refractivity contribution in [2.45, 2.75) is 25.1 Å². The lowest BCUT2D eigenvalue weighted by atomic mass is 9.98. The van der Waals surface area contributed by atoms with Crippen molar-refractivity contribution in [2.75, 3.05) is 6.61 Å². The topological polar surface area (TPSA) is 63.7 Å². The van der Waals surface area contributed by atoms with Crippen LogP contribution >= 0.6 is 0 Å². The number of benzene rings is 1. The van der Waals surface area contributed by atoms with Gasteiger partial charge in [0.05, 0.1) is 5.92 Å². The van der Waals surface area contributed by atoms with Crippen LogP contribution in [0, 0.1) is 5.92 Å². The fraction of sp³-hybridized carbons (Fsp3) is 0.353. The van der Waals surface area contributed by atoms with Crippen molar-refractivity contribution in [1.29, 1.82) is 0 Å². The first-order valence-corrected chi connectivity index (χ1v) is 8.98. The molecule has 0 aliphatic carbocycles. The van der Waals surface area contributed by atoms with Crippen LogP contribution in [0.4, 0.5) is 0 Å². The Kier molecular flexibility index (Phi) is 3.80. The quantitative estimate of drug-likeness (QED) is 0.797. The number of allylic oxidation sites excluding steroid dienone is 2. The van der Waals surface area contributed by atoms with Crippen LogP contribution in [0.15, 0.2) is 48.6 Å². The van der Waals surface area contributed by atoms with E-state index in [-0.39, 0.29) is 6.61 Å². The van der Waals surface area contributed by atoms with Crippen LogP contribution < -0.4 is 4.74 Å². The van der Waals surface area contributed by atoms with Crippen LogP contribution in [0.25, 0.3) is 0 Å². The highest BCUT2D eigenvalue weighted by Crippen LogP contribution is 2.49. The molecule has 1 aromatic carbocycles. The molecule has 1 aromatic rings. The summed E-state index contributed by atoms with van der Waals surface area (Å²) < 4.78 is 32.0. The van der Waals surface area contributed by atoms with Crippen molar-refractivity contribution >= 4 is 15.9 Å². The third-order valence-corrected chi connectivity index (χ3v) is 6.74. The molecule has 2 heterocycles. The third-order valence-electron chi connectivity index (χ3n) is 4.53. The molecule has 5 nitrogen and oxygen atoms in total. The molecule has 122 valence electrons. The average Bonchev–Trinajstić information content (AvgIpc) is 2.52. The maximum absolute atomic E-state index is 12.7. The summed E-state index contributed by atoms with van der Waals surface area (Å²) in [7, 11) is -3.68. The van der Waals surface area contributed by atoms with Crippen molar-refractivity contribution in [3.8, 4) is 5.75 Å². The van der Waals surface area contributed by atoms with E-state index in [2.05, 4.69) is 6.58 Å². The highest BCUT2D eigenvalue weighted by atomic mass is 32.2. The van der Waals surface area contributed by atoms with Gasteiger partial charge >= 0.3 is 0 Å². The molecule has 3 atom stereocenters. The predicted molar refractivity (Wildman–Crippen MR) is 87.3 cm³/mol. The minimum Gasteiger partial charge on any atom is -0.491 e. The number of rotatable bonds is 3. The number of amides is 1. The SMILES string of the molecule is C=C/C=C(\C)[C@H](C)C(=O)N1C2COc3ccccc3C2S1(=O)=O. The first kappa shape index (κ1) is 15.8. The lowest BCUT2D eigenvalue weighted by Crippen LogP contribution is -2.65. The third kappa shape index (κ3) is 2.28. The van der Waals surface area contributed by atoms with E-state index in [0.717, 1.165) is 9.88 Å². The Morgan fingerprint density at radius 2 is 2.13 bits per heavy atom. The zero-order valence-electron chi connectivity index (χ0n) is 13.1. The maximum Gasteiger partial charge on any atom is 0.247 e. The van der Waals surface area contributed by atoms with Crippen LogP contribution in [0.1, 0.15) is 24.7 Å². The molecule has 1 fully saturated rings. The first-order chi connectivity index (χ1) is 10.9. The number of sulfonamides is 1.